The Hall–Kier alpha value is -4.39. The molecular weight excluding hydrogens is 697 g/mol. The first kappa shape index (κ1) is 38.5. The monoisotopic (exact) mass is 754 g/mol. The van der Waals surface area contributed by atoms with E-state index in [0.717, 1.165) is 72.1 Å². The number of carboxylic acid groups (broad SMARTS) is 1. The summed E-state index contributed by atoms with van der Waals surface area (Å²) < 4.78 is 0. The SMILES string of the molecule is O=C(O)C1C(CO)C=CCC(CCCCCCC2C=C(CO)CC2)C(c2ccc(O)cc2)Cc2ccc3c(c2)C12CC1C(O)=c4ccccc4=CC1CC2C=C3. The lowest BCUT2D eigenvalue weighted by molar-refractivity contribution is -0.149. The van der Waals surface area contributed by atoms with Crippen LogP contribution >= 0.6 is 0 Å². The van der Waals surface area contributed by atoms with Crippen LogP contribution in [0.2, 0.25) is 0 Å². The van der Waals surface area contributed by atoms with Crippen LogP contribution in [0.4, 0.5) is 0 Å². The number of allylic oxidation sites excluding steroid dienone is 3. The van der Waals surface area contributed by atoms with Crippen molar-refractivity contribution in [3.63, 3.8) is 0 Å². The minimum atomic E-state index is -0.903. The zero-order valence-electron chi connectivity index (χ0n) is 32.5. The predicted molar refractivity (Wildman–Crippen MR) is 222 cm³/mol. The fourth-order valence-electron chi connectivity index (χ4n) is 11.6. The zero-order valence-corrected chi connectivity index (χ0v) is 32.5. The fraction of sp³-hybridized carbons (Fsp3) is 0.460. The van der Waals surface area contributed by atoms with Gasteiger partial charge < -0.3 is 25.5 Å². The number of hydrogen-bond acceptors (Lipinski definition) is 5. The number of rotatable bonds is 11. The molecule has 3 aromatic rings. The Morgan fingerprint density at radius 1 is 0.857 bits per heavy atom. The molecule has 6 nitrogen and oxygen atoms in total. The molecule has 5 aliphatic rings. The van der Waals surface area contributed by atoms with Crippen LogP contribution in [-0.4, -0.2) is 44.7 Å². The van der Waals surface area contributed by atoms with Gasteiger partial charge in [-0.15, -0.1) is 0 Å². The summed E-state index contributed by atoms with van der Waals surface area (Å²) in [5.74, 6) is -1.01. The number of hydrogen-bond donors (Lipinski definition) is 5. The molecule has 3 aromatic carbocycles. The molecule has 294 valence electrons. The average molecular weight is 755 g/mol. The lowest BCUT2D eigenvalue weighted by Gasteiger charge is -2.55. The second kappa shape index (κ2) is 16.6. The standard InChI is InChI=1S/C50H58O6/c51-30-34-15-14-32(24-34)8-3-1-2-4-9-35-11-7-12-39(31-52)47(49(55)56)50-29-45-40(27-38-10-5-6-13-43(38)48(45)54)28-41(50)21-18-37-17-16-33(26-46(37)50)25-44(35)36-19-22-42(53)23-20-36/h5-7,10,12-13,16-24,26-27,32,35,39-41,44-45,47,51-54H,1-4,8-9,11,14-15,25,28-31H2,(H,55,56). The van der Waals surface area contributed by atoms with E-state index in [1.165, 1.54) is 30.4 Å². The normalized spacial score (nSPS) is 30.5. The maximum atomic E-state index is 13.8. The first-order valence-corrected chi connectivity index (χ1v) is 21.2. The molecule has 56 heavy (non-hydrogen) atoms. The number of aromatic hydroxyl groups is 1. The summed E-state index contributed by atoms with van der Waals surface area (Å²) in [6.45, 7) is -0.0889. The number of aliphatic hydroxyl groups is 3. The summed E-state index contributed by atoms with van der Waals surface area (Å²) in [4.78, 5) is 13.8. The predicted octanol–water partition coefficient (Wildman–Crippen LogP) is 8.34. The van der Waals surface area contributed by atoms with Gasteiger partial charge in [-0.1, -0.05) is 117 Å². The molecule has 0 aromatic heterocycles. The molecule has 0 amide bonds. The molecule has 6 heteroatoms. The molecule has 0 heterocycles. The Balaban J connectivity index is 1.15. The summed E-state index contributed by atoms with van der Waals surface area (Å²) in [6.07, 6.45) is 24.9. The average Bonchev–Trinajstić information content (AvgIpc) is 3.67. The van der Waals surface area contributed by atoms with Crippen LogP contribution in [0.1, 0.15) is 98.8 Å². The van der Waals surface area contributed by atoms with Crippen LogP contribution in [0.25, 0.3) is 17.9 Å². The maximum absolute atomic E-state index is 13.8. The van der Waals surface area contributed by atoms with Crippen LogP contribution < -0.4 is 10.4 Å². The van der Waals surface area contributed by atoms with Gasteiger partial charge in [0.05, 0.1) is 19.1 Å². The number of benzene rings is 3. The largest absolute Gasteiger partial charge is 0.511 e. The molecule has 5 N–H and O–H groups in total. The van der Waals surface area contributed by atoms with Gasteiger partial charge in [-0.25, -0.2) is 0 Å². The number of aliphatic hydroxyl groups excluding tert-OH is 3. The third kappa shape index (κ3) is 7.43. The Morgan fingerprint density at radius 3 is 2.43 bits per heavy atom. The highest BCUT2D eigenvalue weighted by Gasteiger charge is 2.58. The number of unbranched alkanes of at least 4 members (excludes halogenated alkanes) is 3. The lowest BCUT2D eigenvalue weighted by atomic mass is 9.47. The third-order valence-electron chi connectivity index (χ3n) is 14.4. The van der Waals surface area contributed by atoms with Crippen molar-refractivity contribution < 1.29 is 30.3 Å². The summed E-state index contributed by atoms with van der Waals surface area (Å²) in [5.41, 5.74) is 4.74. The van der Waals surface area contributed by atoms with Gasteiger partial charge >= 0.3 is 5.97 Å². The van der Waals surface area contributed by atoms with E-state index in [1.54, 1.807) is 12.1 Å². The molecule has 9 unspecified atom stereocenters. The number of fused-ring (bicyclic) bond motifs is 3. The first-order valence-electron chi connectivity index (χ1n) is 21.2. The highest BCUT2D eigenvalue weighted by molar-refractivity contribution is 5.76. The summed E-state index contributed by atoms with van der Waals surface area (Å²) in [6, 6.07) is 22.3. The number of phenols is 1. The Bertz CT molecular complexity index is 2110. The maximum Gasteiger partial charge on any atom is 0.308 e. The Morgan fingerprint density at radius 2 is 1.66 bits per heavy atom. The van der Waals surface area contributed by atoms with E-state index in [9.17, 15) is 30.3 Å². The van der Waals surface area contributed by atoms with Crippen molar-refractivity contribution in [1.29, 1.82) is 0 Å². The van der Waals surface area contributed by atoms with Gasteiger partial charge in [0.2, 0.25) is 0 Å². The van der Waals surface area contributed by atoms with Crippen LogP contribution in [0.5, 0.6) is 5.75 Å². The molecular formula is C50H58O6. The molecule has 1 saturated carbocycles. The van der Waals surface area contributed by atoms with Gasteiger partial charge in [-0.05, 0) is 126 Å². The van der Waals surface area contributed by atoms with Gasteiger partial charge in [0.1, 0.15) is 11.5 Å². The number of phenolic OH excluding ortho intramolecular Hbond substituents is 1. The van der Waals surface area contributed by atoms with Crippen molar-refractivity contribution >= 4 is 23.9 Å². The van der Waals surface area contributed by atoms with E-state index in [2.05, 4.69) is 66.8 Å². The van der Waals surface area contributed by atoms with E-state index >= 15 is 0 Å². The molecule has 5 aliphatic carbocycles. The molecule has 8 rings (SSSR count). The smallest absolute Gasteiger partial charge is 0.308 e. The summed E-state index contributed by atoms with van der Waals surface area (Å²) in [7, 11) is 0. The minimum Gasteiger partial charge on any atom is -0.511 e. The van der Waals surface area contributed by atoms with Crippen LogP contribution in [0.15, 0.2) is 96.6 Å². The Labute approximate surface area is 331 Å². The van der Waals surface area contributed by atoms with Gasteiger partial charge in [-0.3, -0.25) is 4.79 Å². The van der Waals surface area contributed by atoms with E-state index < -0.39 is 23.2 Å². The highest BCUT2D eigenvalue weighted by atomic mass is 16.4. The van der Waals surface area contributed by atoms with E-state index in [1.807, 2.05) is 24.3 Å². The molecule has 2 bridgehead atoms. The first-order chi connectivity index (χ1) is 27.3. The number of carbonyl (C=O) groups is 1. The zero-order chi connectivity index (χ0) is 38.8. The van der Waals surface area contributed by atoms with Crippen molar-refractivity contribution in [2.45, 2.75) is 88.4 Å². The lowest BCUT2D eigenvalue weighted by Crippen LogP contribution is -2.56. The van der Waals surface area contributed by atoms with Crippen LogP contribution in [-0.2, 0) is 16.6 Å². The van der Waals surface area contributed by atoms with Crippen LogP contribution in [0, 0.1) is 41.4 Å². The number of aliphatic carboxylic acids is 1. The van der Waals surface area contributed by atoms with Gasteiger partial charge in [0.15, 0.2) is 0 Å². The molecule has 1 spiro atoms. The van der Waals surface area contributed by atoms with E-state index in [0.29, 0.717) is 24.5 Å². The topological polar surface area (TPSA) is 118 Å². The molecule has 9 atom stereocenters. The molecule has 0 radical (unpaired) electrons. The molecule has 0 saturated heterocycles. The summed E-state index contributed by atoms with van der Waals surface area (Å²) >= 11 is 0. The molecule has 0 aliphatic heterocycles. The summed E-state index contributed by atoms with van der Waals surface area (Å²) in [5, 5.41) is 56.0. The van der Waals surface area contributed by atoms with Gasteiger partial charge in [0.25, 0.3) is 0 Å². The van der Waals surface area contributed by atoms with Crippen molar-refractivity contribution in [2.24, 2.45) is 41.4 Å². The second-order valence-electron chi connectivity index (χ2n) is 17.5. The highest BCUT2D eigenvalue weighted by Crippen LogP contribution is 2.59. The van der Waals surface area contributed by atoms with Crippen LogP contribution in [0.3, 0.4) is 0 Å². The van der Waals surface area contributed by atoms with E-state index in [4.69, 9.17) is 0 Å². The van der Waals surface area contributed by atoms with Gasteiger partial charge in [-0.2, -0.15) is 0 Å². The third-order valence-corrected chi connectivity index (χ3v) is 14.4. The van der Waals surface area contributed by atoms with Crippen molar-refractivity contribution in [1.82, 2.24) is 0 Å². The van der Waals surface area contributed by atoms with E-state index in [-0.39, 0.29) is 48.6 Å². The second-order valence-corrected chi connectivity index (χ2v) is 17.5. The van der Waals surface area contributed by atoms with Gasteiger partial charge in [0, 0.05) is 22.5 Å². The molecule has 1 fully saturated rings. The quantitative estimate of drug-likeness (QED) is 0.0993. The van der Waals surface area contributed by atoms with Crippen molar-refractivity contribution in [3.05, 3.63) is 129 Å². The fourth-order valence-corrected chi connectivity index (χ4v) is 11.6. The minimum absolute atomic E-state index is 0.0761. The van der Waals surface area contributed by atoms with Crippen molar-refractivity contribution in [2.75, 3.05) is 13.2 Å². The number of carboxylic acids is 1. The Kier molecular flexibility index (Phi) is 11.4. The van der Waals surface area contributed by atoms with Crippen molar-refractivity contribution in [3.8, 4) is 5.75 Å².